The van der Waals surface area contributed by atoms with Crippen molar-refractivity contribution in [3.63, 3.8) is 0 Å². The molecule has 2 rings (SSSR count). The fourth-order valence-electron chi connectivity index (χ4n) is 1.97. The predicted molar refractivity (Wildman–Crippen MR) is 64.3 cm³/mol. The number of carbonyl (C=O) groups is 2. The van der Waals surface area contributed by atoms with E-state index < -0.39 is 23.9 Å². The Kier molecular flexibility index (Phi) is 3.03. The lowest BCUT2D eigenvalue weighted by Crippen LogP contribution is -2.40. The van der Waals surface area contributed by atoms with E-state index in [1.54, 1.807) is 24.3 Å². The van der Waals surface area contributed by atoms with Crippen molar-refractivity contribution in [3.8, 4) is 0 Å². The van der Waals surface area contributed by atoms with Gasteiger partial charge in [-0.3, -0.25) is 9.59 Å². The van der Waals surface area contributed by atoms with Crippen LogP contribution in [0.3, 0.4) is 0 Å². The number of hydrogen-bond donors (Lipinski definition) is 4. The second kappa shape index (κ2) is 4.50. The van der Waals surface area contributed by atoms with Crippen LogP contribution in [0.2, 0.25) is 0 Å². The molecule has 6 heteroatoms. The summed E-state index contributed by atoms with van der Waals surface area (Å²) in [5.41, 5.74) is 6.58. The van der Waals surface area contributed by atoms with Crippen molar-refractivity contribution in [2.24, 2.45) is 5.73 Å². The Morgan fingerprint density at radius 1 is 1.17 bits per heavy atom. The molecular formula is C12H12N2O4. The highest BCUT2D eigenvalue weighted by molar-refractivity contribution is 5.93. The summed E-state index contributed by atoms with van der Waals surface area (Å²) in [7, 11) is 0. The molecule has 2 aromatic rings. The van der Waals surface area contributed by atoms with Gasteiger partial charge >= 0.3 is 11.9 Å². The van der Waals surface area contributed by atoms with E-state index in [1.807, 2.05) is 0 Å². The first-order valence-corrected chi connectivity index (χ1v) is 5.29. The summed E-state index contributed by atoms with van der Waals surface area (Å²) in [6.07, 6.45) is 1.49. The van der Waals surface area contributed by atoms with E-state index in [1.165, 1.54) is 6.20 Å². The quantitative estimate of drug-likeness (QED) is 0.637. The van der Waals surface area contributed by atoms with Crippen molar-refractivity contribution in [2.45, 2.75) is 12.0 Å². The molecule has 0 radical (unpaired) electrons. The molecule has 18 heavy (non-hydrogen) atoms. The molecular weight excluding hydrogens is 236 g/mol. The number of aliphatic carboxylic acids is 2. The third-order valence-corrected chi connectivity index (χ3v) is 2.87. The molecule has 0 saturated carbocycles. The van der Waals surface area contributed by atoms with E-state index in [-0.39, 0.29) is 0 Å². The Labute approximate surface area is 102 Å². The molecule has 1 heterocycles. The fraction of sp³-hybridized carbons (Fsp3) is 0.167. The fourth-order valence-corrected chi connectivity index (χ4v) is 1.97. The number of H-pyrrole nitrogens is 1. The molecule has 94 valence electrons. The third kappa shape index (κ3) is 1.93. The van der Waals surface area contributed by atoms with Crippen molar-refractivity contribution < 1.29 is 19.8 Å². The summed E-state index contributed by atoms with van der Waals surface area (Å²) in [5, 5.41) is 18.7. The second-order valence-corrected chi connectivity index (χ2v) is 3.97. The Hall–Kier alpha value is -2.34. The van der Waals surface area contributed by atoms with Crippen LogP contribution < -0.4 is 5.73 Å². The maximum Gasteiger partial charge on any atom is 0.321 e. The van der Waals surface area contributed by atoms with Gasteiger partial charge in [-0.15, -0.1) is 0 Å². The van der Waals surface area contributed by atoms with Crippen molar-refractivity contribution >= 4 is 22.8 Å². The van der Waals surface area contributed by atoms with E-state index in [4.69, 9.17) is 15.9 Å². The SMILES string of the molecule is N[C@H](C(=O)O)C(C(=O)O)c1c[nH]c2ccccc12. The van der Waals surface area contributed by atoms with Gasteiger partial charge in [-0.2, -0.15) is 0 Å². The van der Waals surface area contributed by atoms with Crippen LogP contribution >= 0.6 is 0 Å². The molecule has 0 spiro atoms. The summed E-state index contributed by atoms with van der Waals surface area (Å²) >= 11 is 0. The zero-order valence-corrected chi connectivity index (χ0v) is 9.33. The Balaban J connectivity index is 2.55. The van der Waals surface area contributed by atoms with E-state index in [9.17, 15) is 9.59 Å². The molecule has 5 N–H and O–H groups in total. The maximum atomic E-state index is 11.2. The highest BCUT2D eigenvalue weighted by atomic mass is 16.4. The van der Waals surface area contributed by atoms with Gasteiger partial charge in [0.2, 0.25) is 0 Å². The van der Waals surface area contributed by atoms with E-state index >= 15 is 0 Å². The Morgan fingerprint density at radius 2 is 1.83 bits per heavy atom. The van der Waals surface area contributed by atoms with Gasteiger partial charge in [-0.1, -0.05) is 18.2 Å². The van der Waals surface area contributed by atoms with Crippen LogP contribution in [0.1, 0.15) is 11.5 Å². The molecule has 1 aromatic heterocycles. The summed E-state index contributed by atoms with van der Waals surface area (Å²) in [6.45, 7) is 0. The molecule has 1 unspecified atom stereocenters. The molecule has 0 amide bonds. The van der Waals surface area contributed by atoms with Gasteiger partial charge in [0.15, 0.2) is 0 Å². The van der Waals surface area contributed by atoms with Gasteiger partial charge < -0.3 is 20.9 Å². The molecule has 1 aromatic carbocycles. The van der Waals surface area contributed by atoms with Crippen molar-refractivity contribution in [2.75, 3.05) is 0 Å². The summed E-state index contributed by atoms with van der Waals surface area (Å²) in [5.74, 6) is -3.87. The minimum Gasteiger partial charge on any atom is -0.481 e. The molecule has 0 saturated heterocycles. The van der Waals surface area contributed by atoms with Crippen LogP contribution in [0.15, 0.2) is 30.5 Å². The van der Waals surface area contributed by atoms with Crippen LogP contribution in [-0.2, 0) is 9.59 Å². The molecule has 6 nitrogen and oxygen atoms in total. The number of hydrogen-bond acceptors (Lipinski definition) is 3. The average Bonchev–Trinajstić information content (AvgIpc) is 2.73. The van der Waals surface area contributed by atoms with Crippen LogP contribution in [0, 0.1) is 0 Å². The summed E-state index contributed by atoms with van der Waals surface area (Å²) < 4.78 is 0. The average molecular weight is 248 g/mol. The minimum absolute atomic E-state index is 0.382. The topological polar surface area (TPSA) is 116 Å². The normalized spacial score (nSPS) is 14.3. The first-order valence-electron chi connectivity index (χ1n) is 5.29. The number of aromatic amines is 1. The molecule has 0 aliphatic heterocycles. The zero-order valence-electron chi connectivity index (χ0n) is 9.33. The highest BCUT2D eigenvalue weighted by Crippen LogP contribution is 2.27. The van der Waals surface area contributed by atoms with E-state index in [0.29, 0.717) is 10.9 Å². The minimum atomic E-state index is -1.48. The summed E-state index contributed by atoms with van der Waals surface area (Å²) in [6, 6.07) is 5.58. The zero-order chi connectivity index (χ0) is 13.3. The first kappa shape index (κ1) is 12.1. The molecule has 0 aliphatic rings. The largest absolute Gasteiger partial charge is 0.481 e. The van der Waals surface area contributed by atoms with Crippen molar-refractivity contribution in [1.29, 1.82) is 0 Å². The first-order chi connectivity index (χ1) is 8.52. The Bertz CT molecular complexity index is 605. The number of benzene rings is 1. The lowest BCUT2D eigenvalue weighted by Gasteiger charge is -2.15. The van der Waals surface area contributed by atoms with Gasteiger partial charge in [-0.05, 0) is 11.6 Å². The third-order valence-electron chi connectivity index (χ3n) is 2.87. The number of rotatable bonds is 4. The number of fused-ring (bicyclic) bond motifs is 1. The van der Waals surface area contributed by atoms with E-state index in [2.05, 4.69) is 4.98 Å². The number of carboxylic acid groups (broad SMARTS) is 2. The highest BCUT2D eigenvalue weighted by Gasteiger charge is 2.33. The maximum absolute atomic E-state index is 11.2. The van der Waals surface area contributed by atoms with Gasteiger partial charge in [0.1, 0.15) is 12.0 Å². The Morgan fingerprint density at radius 3 is 2.44 bits per heavy atom. The van der Waals surface area contributed by atoms with Gasteiger partial charge in [0.05, 0.1) is 0 Å². The molecule has 0 bridgehead atoms. The monoisotopic (exact) mass is 248 g/mol. The van der Waals surface area contributed by atoms with Gasteiger partial charge in [0, 0.05) is 17.1 Å². The van der Waals surface area contributed by atoms with Gasteiger partial charge in [-0.25, -0.2) is 0 Å². The number of nitrogens with one attached hydrogen (secondary N) is 1. The summed E-state index contributed by atoms with van der Waals surface area (Å²) in [4.78, 5) is 25.0. The smallest absolute Gasteiger partial charge is 0.321 e. The standard InChI is InChI=1S/C12H12N2O4/c13-10(12(17)18)9(11(15)16)7-5-14-8-4-2-1-3-6(7)8/h1-5,9-10,14H,13H2,(H,15,16)(H,17,18)/t9?,10-/m0/s1. The van der Waals surface area contributed by atoms with Crippen LogP contribution in [0.5, 0.6) is 0 Å². The molecule has 0 fully saturated rings. The molecule has 2 atom stereocenters. The number of para-hydroxylation sites is 1. The van der Waals surface area contributed by atoms with Gasteiger partial charge in [0.25, 0.3) is 0 Å². The predicted octanol–water partition coefficient (Wildman–Crippen LogP) is 0.748. The van der Waals surface area contributed by atoms with Crippen LogP contribution in [0.4, 0.5) is 0 Å². The number of carboxylic acids is 2. The number of nitrogens with two attached hydrogens (primary N) is 1. The van der Waals surface area contributed by atoms with Crippen LogP contribution in [0.25, 0.3) is 10.9 Å². The van der Waals surface area contributed by atoms with E-state index in [0.717, 1.165) is 5.52 Å². The lowest BCUT2D eigenvalue weighted by atomic mass is 9.92. The van der Waals surface area contributed by atoms with Crippen LogP contribution in [-0.4, -0.2) is 33.2 Å². The molecule has 0 aliphatic carbocycles. The second-order valence-electron chi connectivity index (χ2n) is 3.97. The number of aromatic nitrogens is 1. The van der Waals surface area contributed by atoms with Crippen molar-refractivity contribution in [1.82, 2.24) is 4.98 Å². The van der Waals surface area contributed by atoms with Crippen molar-refractivity contribution in [3.05, 3.63) is 36.0 Å². The lowest BCUT2D eigenvalue weighted by molar-refractivity contribution is -0.146.